The summed E-state index contributed by atoms with van der Waals surface area (Å²) < 4.78 is 5.87. The standard InChI is InChI=1S/C22H18N2O2/c1-15-17(22-24-19-11-5-6-13-20(19)26-22)10-7-12-18(15)23-21(25)14-16-8-3-2-4-9-16/h2-13H,14H2,1H3,(H,23,25). The molecule has 1 amide bonds. The van der Waals surface area contributed by atoms with E-state index in [1.54, 1.807) is 0 Å². The van der Waals surface area contributed by atoms with Gasteiger partial charge in [0.25, 0.3) is 0 Å². The third-order valence-corrected chi connectivity index (χ3v) is 4.34. The molecule has 0 aliphatic rings. The predicted octanol–water partition coefficient (Wildman–Crippen LogP) is 4.98. The van der Waals surface area contributed by atoms with Gasteiger partial charge in [0.2, 0.25) is 11.8 Å². The number of fused-ring (bicyclic) bond motifs is 1. The number of hydrogen-bond donors (Lipinski definition) is 1. The first kappa shape index (κ1) is 16.1. The summed E-state index contributed by atoms with van der Waals surface area (Å²) in [6, 6.07) is 23.1. The van der Waals surface area contributed by atoms with Crippen molar-refractivity contribution in [3.8, 4) is 11.5 Å². The van der Waals surface area contributed by atoms with Crippen LogP contribution >= 0.6 is 0 Å². The van der Waals surface area contributed by atoms with E-state index in [0.717, 1.165) is 33.5 Å². The molecule has 4 nitrogen and oxygen atoms in total. The average molecular weight is 342 g/mol. The van der Waals surface area contributed by atoms with Crippen molar-refractivity contribution in [1.29, 1.82) is 0 Å². The highest BCUT2D eigenvalue weighted by Crippen LogP contribution is 2.30. The topological polar surface area (TPSA) is 55.1 Å². The van der Waals surface area contributed by atoms with E-state index < -0.39 is 0 Å². The molecule has 0 unspecified atom stereocenters. The van der Waals surface area contributed by atoms with Crippen LogP contribution in [0, 0.1) is 6.92 Å². The number of amides is 1. The van der Waals surface area contributed by atoms with Gasteiger partial charge in [-0.1, -0.05) is 48.5 Å². The van der Waals surface area contributed by atoms with Gasteiger partial charge in [-0.25, -0.2) is 4.98 Å². The molecule has 4 rings (SSSR count). The van der Waals surface area contributed by atoms with E-state index in [0.29, 0.717) is 12.3 Å². The van der Waals surface area contributed by atoms with Gasteiger partial charge in [0.05, 0.1) is 6.42 Å². The fourth-order valence-corrected chi connectivity index (χ4v) is 2.97. The number of para-hydroxylation sites is 2. The zero-order valence-corrected chi connectivity index (χ0v) is 14.4. The summed E-state index contributed by atoms with van der Waals surface area (Å²) in [5.74, 6) is 0.511. The van der Waals surface area contributed by atoms with Gasteiger partial charge in [-0.3, -0.25) is 4.79 Å². The minimum atomic E-state index is -0.0472. The first-order valence-corrected chi connectivity index (χ1v) is 8.50. The first-order valence-electron chi connectivity index (χ1n) is 8.50. The zero-order valence-electron chi connectivity index (χ0n) is 14.4. The summed E-state index contributed by atoms with van der Waals surface area (Å²) in [6.07, 6.45) is 0.341. The maximum Gasteiger partial charge on any atom is 0.228 e. The lowest BCUT2D eigenvalue weighted by Crippen LogP contribution is -2.15. The molecule has 0 spiro atoms. The highest BCUT2D eigenvalue weighted by molar-refractivity contribution is 5.94. The van der Waals surface area contributed by atoms with Crippen LogP contribution in [0.5, 0.6) is 0 Å². The second-order valence-electron chi connectivity index (χ2n) is 6.18. The lowest BCUT2D eigenvalue weighted by atomic mass is 10.1. The molecule has 3 aromatic carbocycles. The zero-order chi connectivity index (χ0) is 17.9. The van der Waals surface area contributed by atoms with E-state index in [-0.39, 0.29) is 5.91 Å². The number of nitrogens with zero attached hydrogens (tertiary/aromatic N) is 1. The molecular weight excluding hydrogens is 324 g/mol. The Morgan fingerprint density at radius 3 is 2.54 bits per heavy atom. The molecule has 4 aromatic rings. The lowest BCUT2D eigenvalue weighted by molar-refractivity contribution is -0.115. The molecule has 0 fully saturated rings. The number of nitrogens with one attached hydrogen (secondary N) is 1. The molecule has 0 saturated carbocycles. The molecule has 1 N–H and O–H groups in total. The summed E-state index contributed by atoms with van der Waals surface area (Å²) >= 11 is 0. The van der Waals surface area contributed by atoms with Crippen LogP contribution in [0.3, 0.4) is 0 Å². The van der Waals surface area contributed by atoms with Gasteiger partial charge in [-0.05, 0) is 42.3 Å². The van der Waals surface area contributed by atoms with Gasteiger partial charge in [0.1, 0.15) is 5.52 Å². The summed E-state index contributed by atoms with van der Waals surface area (Å²) in [4.78, 5) is 16.9. The molecular formula is C22H18N2O2. The van der Waals surface area contributed by atoms with Crippen molar-refractivity contribution >= 4 is 22.7 Å². The fourth-order valence-electron chi connectivity index (χ4n) is 2.97. The van der Waals surface area contributed by atoms with Crippen molar-refractivity contribution in [2.75, 3.05) is 5.32 Å². The van der Waals surface area contributed by atoms with Crippen LogP contribution in [0.25, 0.3) is 22.6 Å². The molecule has 26 heavy (non-hydrogen) atoms. The van der Waals surface area contributed by atoms with E-state index in [4.69, 9.17) is 4.42 Å². The molecule has 1 aromatic heterocycles. The van der Waals surface area contributed by atoms with Gasteiger partial charge >= 0.3 is 0 Å². The highest BCUT2D eigenvalue weighted by Gasteiger charge is 2.14. The summed E-state index contributed by atoms with van der Waals surface area (Å²) in [6.45, 7) is 1.96. The number of oxazole rings is 1. The van der Waals surface area contributed by atoms with Crippen LogP contribution in [0.15, 0.2) is 77.2 Å². The van der Waals surface area contributed by atoms with E-state index >= 15 is 0 Å². The Kier molecular flexibility index (Phi) is 4.23. The Labute approximate surface area is 151 Å². The maximum atomic E-state index is 12.4. The van der Waals surface area contributed by atoms with Crippen molar-refractivity contribution in [2.24, 2.45) is 0 Å². The number of benzene rings is 3. The van der Waals surface area contributed by atoms with Crippen molar-refractivity contribution in [1.82, 2.24) is 4.98 Å². The van der Waals surface area contributed by atoms with Crippen LogP contribution < -0.4 is 5.32 Å². The van der Waals surface area contributed by atoms with Gasteiger partial charge in [-0.2, -0.15) is 0 Å². The molecule has 0 aliphatic heterocycles. The van der Waals surface area contributed by atoms with Crippen LogP contribution in [0.2, 0.25) is 0 Å². The van der Waals surface area contributed by atoms with E-state index in [1.807, 2.05) is 79.7 Å². The molecule has 128 valence electrons. The Morgan fingerprint density at radius 2 is 1.73 bits per heavy atom. The quantitative estimate of drug-likeness (QED) is 0.569. The third kappa shape index (κ3) is 3.22. The minimum Gasteiger partial charge on any atom is -0.436 e. The summed E-state index contributed by atoms with van der Waals surface area (Å²) in [5.41, 5.74) is 5.13. The van der Waals surface area contributed by atoms with Crippen molar-refractivity contribution in [2.45, 2.75) is 13.3 Å². The monoisotopic (exact) mass is 342 g/mol. The second kappa shape index (κ2) is 6.84. The summed E-state index contributed by atoms with van der Waals surface area (Å²) in [7, 11) is 0. The predicted molar refractivity (Wildman–Crippen MR) is 103 cm³/mol. The van der Waals surface area contributed by atoms with E-state index in [1.165, 1.54) is 0 Å². The molecule has 0 atom stereocenters. The SMILES string of the molecule is Cc1c(NC(=O)Cc2ccccc2)cccc1-c1nc2ccccc2o1. The van der Waals surface area contributed by atoms with Gasteiger partial charge in [0.15, 0.2) is 5.58 Å². The molecule has 4 heteroatoms. The largest absolute Gasteiger partial charge is 0.436 e. The van der Waals surface area contributed by atoms with E-state index in [9.17, 15) is 4.79 Å². The van der Waals surface area contributed by atoms with Crippen LogP contribution in [-0.4, -0.2) is 10.9 Å². The fraction of sp³-hybridized carbons (Fsp3) is 0.0909. The molecule has 0 aliphatic carbocycles. The second-order valence-corrected chi connectivity index (χ2v) is 6.18. The number of rotatable bonds is 4. The van der Waals surface area contributed by atoms with Gasteiger partial charge < -0.3 is 9.73 Å². The van der Waals surface area contributed by atoms with Gasteiger partial charge in [-0.15, -0.1) is 0 Å². The normalized spacial score (nSPS) is 10.8. The molecule has 0 bridgehead atoms. The number of aromatic nitrogens is 1. The lowest BCUT2D eigenvalue weighted by Gasteiger charge is -2.11. The van der Waals surface area contributed by atoms with E-state index in [2.05, 4.69) is 10.3 Å². The number of carbonyl (C=O) groups excluding carboxylic acids is 1. The van der Waals surface area contributed by atoms with Crippen LogP contribution in [0.4, 0.5) is 5.69 Å². The van der Waals surface area contributed by atoms with Crippen molar-refractivity contribution in [3.63, 3.8) is 0 Å². The first-order chi connectivity index (χ1) is 12.7. The third-order valence-electron chi connectivity index (χ3n) is 4.34. The van der Waals surface area contributed by atoms with Crippen molar-refractivity contribution < 1.29 is 9.21 Å². The molecule has 0 saturated heterocycles. The maximum absolute atomic E-state index is 12.4. The Hall–Kier alpha value is -3.40. The average Bonchev–Trinajstić information content (AvgIpc) is 3.08. The molecule has 0 radical (unpaired) electrons. The van der Waals surface area contributed by atoms with Crippen LogP contribution in [0.1, 0.15) is 11.1 Å². The summed E-state index contributed by atoms with van der Waals surface area (Å²) in [5, 5.41) is 2.99. The minimum absolute atomic E-state index is 0.0472. The molecule has 1 heterocycles. The smallest absolute Gasteiger partial charge is 0.228 e. The van der Waals surface area contributed by atoms with Crippen LogP contribution in [-0.2, 0) is 11.2 Å². The Bertz CT molecular complexity index is 1030. The number of anilines is 1. The van der Waals surface area contributed by atoms with Gasteiger partial charge in [0, 0.05) is 11.3 Å². The Balaban J connectivity index is 1.60. The number of carbonyl (C=O) groups is 1. The highest BCUT2D eigenvalue weighted by atomic mass is 16.3. The van der Waals surface area contributed by atoms with Crippen molar-refractivity contribution in [3.05, 3.63) is 83.9 Å². The Morgan fingerprint density at radius 1 is 0.962 bits per heavy atom. The number of hydrogen-bond acceptors (Lipinski definition) is 3.